The highest BCUT2D eigenvalue weighted by atomic mass is 16.5. The summed E-state index contributed by atoms with van der Waals surface area (Å²) in [4.78, 5) is 12.0. The predicted octanol–water partition coefficient (Wildman–Crippen LogP) is 1.21. The lowest BCUT2D eigenvalue weighted by molar-refractivity contribution is 0.0136. The molecule has 1 fully saturated rings. The van der Waals surface area contributed by atoms with Gasteiger partial charge in [0.15, 0.2) is 5.69 Å². The molecule has 1 saturated heterocycles. The number of amides is 1. The Hall–Kier alpha value is -1.69. The molecule has 0 bridgehead atoms. The van der Waals surface area contributed by atoms with Crippen molar-refractivity contribution in [1.29, 1.82) is 0 Å². The maximum atomic E-state index is 12.0. The van der Waals surface area contributed by atoms with E-state index in [4.69, 9.17) is 4.74 Å². The van der Waals surface area contributed by atoms with Crippen molar-refractivity contribution in [2.45, 2.75) is 38.8 Å². The van der Waals surface area contributed by atoms with Crippen molar-refractivity contribution in [3.63, 3.8) is 0 Å². The molecule has 2 atom stereocenters. The van der Waals surface area contributed by atoms with E-state index in [1.54, 1.807) is 12.1 Å². The van der Waals surface area contributed by atoms with E-state index in [2.05, 4.69) is 20.8 Å². The second-order valence-electron chi connectivity index (χ2n) is 4.71. The second kappa shape index (κ2) is 6.47. The fourth-order valence-corrected chi connectivity index (χ4v) is 2.12. The van der Waals surface area contributed by atoms with Crippen LogP contribution in [-0.2, 0) is 4.74 Å². The number of carbonyl (C=O) groups excluding carboxylic acids is 1. The van der Waals surface area contributed by atoms with Gasteiger partial charge in [-0.2, -0.15) is 0 Å². The van der Waals surface area contributed by atoms with Crippen molar-refractivity contribution in [3.8, 4) is 0 Å². The lowest BCUT2D eigenvalue weighted by Crippen LogP contribution is -2.41. The molecule has 2 rings (SSSR count). The van der Waals surface area contributed by atoms with Gasteiger partial charge >= 0.3 is 0 Å². The molecule has 2 heterocycles. The third-order valence-corrected chi connectivity index (χ3v) is 3.08. The van der Waals surface area contributed by atoms with E-state index in [0.717, 1.165) is 19.4 Å². The smallest absolute Gasteiger partial charge is 0.272 e. The molecule has 6 heteroatoms. The lowest BCUT2D eigenvalue weighted by Gasteiger charge is -2.27. The van der Waals surface area contributed by atoms with Gasteiger partial charge in [0.25, 0.3) is 5.91 Å². The quantitative estimate of drug-likeness (QED) is 0.854. The molecule has 19 heavy (non-hydrogen) atoms. The summed E-state index contributed by atoms with van der Waals surface area (Å²) in [5.41, 5.74) is 0.348. The van der Waals surface area contributed by atoms with Crippen molar-refractivity contribution < 1.29 is 9.53 Å². The van der Waals surface area contributed by atoms with Crippen LogP contribution in [-0.4, -0.2) is 41.4 Å². The summed E-state index contributed by atoms with van der Waals surface area (Å²) < 4.78 is 5.45. The minimum atomic E-state index is -0.172. The molecular formula is C13H20N4O2. The minimum absolute atomic E-state index is 0.159. The monoisotopic (exact) mass is 264 g/mol. The number of ether oxygens (including phenoxy) is 1. The number of nitrogens with one attached hydrogen (secondary N) is 2. The Labute approximate surface area is 112 Å². The Bertz CT molecular complexity index is 421. The average Bonchev–Trinajstić information content (AvgIpc) is 2.40. The first-order chi connectivity index (χ1) is 9.19. The van der Waals surface area contributed by atoms with E-state index in [9.17, 15) is 4.79 Å². The molecule has 0 aliphatic carbocycles. The number of nitrogens with zero attached hydrogens (tertiary/aromatic N) is 2. The van der Waals surface area contributed by atoms with E-state index in [0.29, 0.717) is 18.1 Å². The van der Waals surface area contributed by atoms with E-state index in [1.807, 2.05) is 13.8 Å². The van der Waals surface area contributed by atoms with Gasteiger partial charge in [-0.3, -0.25) is 4.79 Å². The first kappa shape index (κ1) is 13.7. The lowest BCUT2D eigenvalue weighted by atomic mass is 10.0. The molecule has 2 unspecified atom stereocenters. The molecule has 6 nitrogen and oxygen atoms in total. The fraction of sp³-hybridized carbons (Fsp3) is 0.615. The van der Waals surface area contributed by atoms with Crippen molar-refractivity contribution in [2.24, 2.45) is 0 Å². The van der Waals surface area contributed by atoms with Crippen LogP contribution in [0, 0.1) is 0 Å². The maximum Gasteiger partial charge on any atom is 0.272 e. The van der Waals surface area contributed by atoms with Crippen LogP contribution in [0.25, 0.3) is 0 Å². The average molecular weight is 264 g/mol. The molecule has 0 aromatic carbocycles. The van der Waals surface area contributed by atoms with Crippen LogP contribution in [0.5, 0.6) is 0 Å². The summed E-state index contributed by atoms with van der Waals surface area (Å²) in [5, 5.41) is 13.9. The number of hydrogen-bond donors (Lipinski definition) is 2. The number of aromatic nitrogens is 2. The maximum absolute atomic E-state index is 12.0. The first-order valence-electron chi connectivity index (χ1n) is 6.69. The Morgan fingerprint density at radius 3 is 2.95 bits per heavy atom. The van der Waals surface area contributed by atoms with Crippen LogP contribution in [0.15, 0.2) is 12.1 Å². The van der Waals surface area contributed by atoms with Crippen molar-refractivity contribution >= 4 is 11.7 Å². The number of anilines is 1. The fourth-order valence-electron chi connectivity index (χ4n) is 2.12. The predicted molar refractivity (Wildman–Crippen MR) is 72.1 cm³/mol. The molecule has 0 radical (unpaired) electrons. The van der Waals surface area contributed by atoms with Gasteiger partial charge in [0.1, 0.15) is 5.82 Å². The molecule has 2 N–H and O–H groups in total. The molecule has 1 amide bonds. The van der Waals surface area contributed by atoms with Crippen molar-refractivity contribution in [3.05, 3.63) is 17.8 Å². The van der Waals surface area contributed by atoms with Crippen LogP contribution < -0.4 is 10.6 Å². The van der Waals surface area contributed by atoms with E-state index in [-0.39, 0.29) is 18.1 Å². The molecule has 104 valence electrons. The third kappa shape index (κ3) is 3.89. The van der Waals surface area contributed by atoms with Gasteiger partial charge in [-0.25, -0.2) is 0 Å². The standard InChI is InChI=1S/C13H20N4O2/c1-3-14-12-5-4-11(16-17-12)13(18)15-10-6-7-19-9(2)8-10/h4-5,9-10H,3,6-8H2,1-2H3,(H,14,17)(H,15,18). The first-order valence-corrected chi connectivity index (χ1v) is 6.69. The minimum Gasteiger partial charge on any atom is -0.378 e. The zero-order valence-electron chi connectivity index (χ0n) is 11.3. The molecule has 1 aliphatic heterocycles. The van der Waals surface area contributed by atoms with Crippen molar-refractivity contribution in [2.75, 3.05) is 18.5 Å². The third-order valence-electron chi connectivity index (χ3n) is 3.08. The number of carbonyl (C=O) groups is 1. The topological polar surface area (TPSA) is 76.1 Å². The van der Waals surface area contributed by atoms with Crippen LogP contribution in [0.4, 0.5) is 5.82 Å². The molecular weight excluding hydrogens is 244 g/mol. The SMILES string of the molecule is CCNc1ccc(C(=O)NC2CCOC(C)C2)nn1. The Morgan fingerprint density at radius 1 is 1.47 bits per heavy atom. The molecule has 0 saturated carbocycles. The summed E-state index contributed by atoms with van der Waals surface area (Å²) in [7, 11) is 0. The van der Waals surface area contributed by atoms with E-state index in [1.165, 1.54) is 0 Å². The second-order valence-corrected chi connectivity index (χ2v) is 4.71. The van der Waals surface area contributed by atoms with Crippen molar-refractivity contribution in [1.82, 2.24) is 15.5 Å². The summed E-state index contributed by atoms with van der Waals surface area (Å²) in [6.45, 7) is 5.47. The summed E-state index contributed by atoms with van der Waals surface area (Å²) in [6, 6.07) is 3.60. The highest BCUT2D eigenvalue weighted by molar-refractivity contribution is 5.92. The summed E-state index contributed by atoms with van der Waals surface area (Å²) >= 11 is 0. The summed E-state index contributed by atoms with van der Waals surface area (Å²) in [5.74, 6) is 0.508. The van der Waals surface area contributed by atoms with Gasteiger partial charge in [0.2, 0.25) is 0 Å². The van der Waals surface area contributed by atoms with Gasteiger partial charge in [0.05, 0.1) is 6.10 Å². The highest BCUT2D eigenvalue weighted by Gasteiger charge is 2.21. The molecule has 1 aliphatic rings. The van der Waals surface area contributed by atoms with Gasteiger partial charge in [0, 0.05) is 19.2 Å². The molecule has 0 spiro atoms. The van der Waals surface area contributed by atoms with Crippen LogP contribution >= 0.6 is 0 Å². The van der Waals surface area contributed by atoms with Crippen LogP contribution in [0.1, 0.15) is 37.2 Å². The number of rotatable bonds is 4. The molecule has 1 aromatic rings. The van der Waals surface area contributed by atoms with Gasteiger partial charge in [-0.15, -0.1) is 10.2 Å². The van der Waals surface area contributed by atoms with Gasteiger partial charge < -0.3 is 15.4 Å². The van der Waals surface area contributed by atoms with Gasteiger partial charge in [-0.05, 0) is 38.8 Å². The number of hydrogen-bond acceptors (Lipinski definition) is 5. The Balaban J connectivity index is 1.91. The normalized spacial score (nSPS) is 22.8. The Morgan fingerprint density at radius 2 is 2.32 bits per heavy atom. The van der Waals surface area contributed by atoms with Crippen LogP contribution in [0.2, 0.25) is 0 Å². The molecule has 1 aromatic heterocycles. The zero-order chi connectivity index (χ0) is 13.7. The highest BCUT2D eigenvalue weighted by Crippen LogP contribution is 2.13. The Kier molecular flexibility index (Phi) is 4.68. The van der Waals surface area contributed by atoms with Gasteiger partial charge in [-0.1, -0.05) is 0 Å². The zero-order valence-corrected chi connectivity index (χ0v) is 11.3. The van der Waals surface area contributed by atoms with Crippen LogP contribution in [0.3, 0.4) is 0 Å². The van der Waals surface area contributed by atoms with E-state index < -0.39 is 0 Å². The largest absolute Gasteiger partial charge is 0.378 e. The van der Waals surface area contributed by atoms with E-state index >= 15 is 0 Å². The summed E-state index contributed by atoms with van der Waals surface area (Å²) in [6.07, 6.45) is 1.88.